The van der Waals surface area contributed by atoms with Crippen molar-refractivity contribution in [3.05, 3.63) is 65.7 Å². The fourth-order valence-electron chi connectivity index (χ4n) is 3.97. The Kier molecular flexibility index (Phi) is 4.83. The monoisotopic (exact) mass is 353 g/mol. The van der Waals surface area contributed by atoms with E-state index in [1.54, 1.807) is 6.20 Å². The molecule has 1 aromatic carbocycles. The summed E-state index contributed by atoms with van der Waals surface area (Å²) >= 11 is 0. The summed E-state index contributed by atoms with van der Waals surface area (Å²) in [7, 11) is 0. The number of ketones is 1. The van der Waals surface area contributed by atoms with Crippen LogP contribution in [0.4, 0.5) is 4.39 Å². The first-order valence-electron chi connectivity index (χ1n) is 9.30. The molecule has 0 N–H and O–H groups in total. The molecule has 26 heavy (non-hydrogen) atoms. The molecule has 2 fully saturated rings. The molecular formula is C21H24FN3O. The Morgan fingerprint density at radius 3 is 2.42 bits per heavy atom. The summed E-state index contributed by atoms with van der Waals surface area (Å²) in [6.45, 7) is 4.75. The molecule has 5 heteroatoms. The molecule has 1 saturated carbocycles. The fourth-order valence-corrected chi connectivity index (χ4v) is 3.97. The Bertz CT molecular complexity index is 768. The van der Waals surface area contributed by atoms with Crippen LogP contribution in [0.25, 0.3) is 0 Å². The zero-order chi connectivity index (χ0) is 18.0. The van der Waals surface area contributed by atoms with E-state index < -0.39 is 0 Å². The van der Waals surface area contributed by atoms with E-state index >= 15 is 0 Å². The van der Waals surface area contributed by atoms with Gasteiger partial charge in [-0.2, -0.15) is 0 Å². The molecule has 4 rings (SSSR count). The van der Waals surface area contributed by atoms with Crippen molar-refractivity contribution in [2.24, 2.45) is 0 Å². The maximum absolute atomic E-state index is 13.3. The average Bonchev–Trinajstić information content (AvgIpc) is 3.45. The van der Waals surface area contributed by atoms with E-state index in [1.807, 2.05) is 6.07 Å². The van der Waals surface area contributed by atoms with Gasteiger partial charge in [-0.05, 0) is 30.0 Å². The maximum Gasteiger partial charge on any atom is 0.157 e. The van der Waals surface area contributed by atoms with Gasteiger partial charge in [0.25, 0.3) is 0 Å². The highest BCUT2D eigenvalue weighted by Gasteiger charge is 2.53. The number of carbonyl (C=O) groups excluding carboxylic acids is 1. The molecule has 1 aromatic heterocycles. The summed E-state index contributed by atoms with van der Waals surface area (Å²) in [6, 6.07) is 11.9. The van der Waals surface area contributed by atoms with Crippen LogP contribution in [0.15, 0.2) is 48.8 Å². The van der Waals surface area contributed by atoms with Crippen molar-refractivity contribution in [2.45, 2.75) is 31.3 Å². The highest BCUT2D eigenvalue weighted by atomic mass is 19.1. The molecule has 2 aliphatic rings. The van der Waals surface area contributed by atoms with E-state index in [0.717, 1.165) is 45.6 Å². The lowest BCUT2D eigenvalue weighted by molar-refractivity contribution is -0.126. The molecule has 1 aliphatic heterocycles. The minimum absolute atomic E-state index is 0.210. The number of piperazine rings is 1. The topological polar surface area (TPSA) is 36.4 Å². The minimum atomic E-state index is -0.380. The molecule has 136 valence electrons. The van der Waals surface area contributed by atoms with Gasteiger partial charge in [-0.3, -0.25) is 19.6 Å². The van der Waals surface area contributed by atoms with Crippen LogP contribution < -0.4 is 0 Å². The third kappa shape index (κ3) is 3.69. The fraction of sp³-hybridized carbons (Fsp3) is 0.429. The van der Waals surface area contributed by atoms with Gasteiger partial charge in [0.1, 0.15) is 5.82 Å². The number of Topliss-reactive ketones (excluding diaryl/α,β-unsaturated/α-hetero) is 1. The van der Waals surface area contributed by atoms with Gasteiger partial charge in [0.2, 0.25) is 0 Å². The van der Waals surface area contributed by atoms with E-state index in [2.05, 4.69) is 39.0 Å². The van der Waals surface area contributed by atoms with Gasteiger partial charge in [0.05, 0.1) is 11.7 Å². The van der Waals surface area contributed by atoms with Gasteiger partial charge in [-0.1, -0.05) is 30.3 Å². The first kappa shape index (κ1) is 17.3. The molecule has 0 radical (unpaired) electrons. The Morgan fingerprint density at radius 2 is 1.77 bits per heavy atom. The summed E-state index contributed by atoms with van der Waals surface area (Å²) in [5.41, 5.74) is 1.69. The number of hydrogen-bond acceptors (Lipinski definition) is 4. The lowest BCUT2D eigenvalue weighted by Crippen LogP contribution is -2.54. The van der Waals surface area contributed by atoms with E-state index in [0.29, 0.717) is 5.56 Å². The molecular weight excluding hydrogens is 329 g/mol. The summed E-state index contributed by atoms with van der Waals surface area (Å²) in [5, 5.41) is 0. The van der Waals surface area contributed by atoms with Crippen molar-refractivity contribution in [1.82, 2.24) is 14.8 Å². The first-order chi connectivity index (χ1) is 12.7. The highest BCUT2D eigenvalue weighted by Crippen LogP contribution is 2.43. The minimum Gasteiger partial charge on any atom is -0.297 e. The number of aromatic nitrogens is 1. The van der Waals surface area contributed by atoms with Crippen LogP contribution >= 0.6 is 0 Å². The Hall–Kier alpha value is -2.11. The zero-order valence-corrected chi connectivity index (χ0v) is 14.9. The highest BCUT2D eigenvalue weighted by molar-refractivity contribution is 5.93. The van der Waals surface area contributed by atoms with Crippen LogP contribution in [0.3, 0.4) is 0 Å². The Balaban J connectivity index is 1.34. The normalized spacial score (nSPS) is 20.0. The molecule has 0 atom stereocenters. The van der Waals surface area contributed by atoms with Crippen molar-refractivity contribution in [1.29, 1.82) is 0 Å². The third-order valence-corrected chi connectivity index (χ3v) is 5.60. The predicted octanol–water partition coefficient (Wildman–Crippen LogP) is 2.68. The van der Waals surface area contributed by atoms with Crippen LogP contribution in [-0.2, 0) is 17.8 Å². The zero-order valence-electron chi connectivity index (χ0n) is 14.9. The van der Waals surface area contributed by atoms with Crippen LogP contribution in [0.2, 0.25) is 0 Å². The van der Waals surface area contributed by atoms with Crippen molar-refractivity contribution in [2.75, 3.05) is 26.2 Å². The number of carbonyl (C=O) groups is 1. The lowest BCUT2D eigenvalue weighted by Gasteiger charge is -2.39. The number of halogens is 1. The van der Waals surface area contributed by atoms with Crippen LogP contribution in [0.1, 0.15) is 24.0 Å². The second-order valence-electron chi connectivity index (χ2n) is 7.39. The maximum atomic E-state index is 13.3. The van der Waals surface area contributed by atoms with Gasteiger partial charge in [-0.25, -0.2) is 4.39 Å². The van der Waals surface area contributed by atoms with Gasteiger partial charge in [-0.15, -0.1) is 0 Å². The Labute approximate surface area is 153 Å². The standard InChI is InChI=1S/C21H24FN3O/c22-19-12-18(14-23-15-19)13-20(26)21(6-7-21)25-10-8-24(9-11-25)16-17-4-2-1-3-5-17/h1-5,12,14-15H,6-11,13,16H2. The third-order valence-electron chi connectivity index (χ3n) is 5.60. The van der Waals surface area contributed by atoms with Crippen molar-refractivity contribution in [3.63, 3.8) is 0 Å². The molecule has 0 bridgehead atoms. The van der Waals surface area contributed by atoms with Crippen molar-refractivity contribution in [3.8, 4) is 0 Å². The molecule has 1 aliphatic carbocycles. The largest absolute Gasteiger partial charge is 0.297 e. The number of nitrogens with zero attached hydrogens (tertiary/aromatic N) is 3. The van der Waals surface area contributed by atoms with Gasteiger partial charge in [0.15, 0.2) is 5.78 Å². The van der Waals surface area contributed by atoms with Crippen LogP contribution in [-0.4, -0.2) is 52.3 Å². The molecule has 0 spiro atoms. The molecule has 0 unspecified atom stereocenters. The average molecular weight is 353 g/mol. The summed E-state index contributed by atoms with van der Waals surface area (Å²) in [4.78, 5) is 21.5. The number of rotatable bonds is 6. The molecule has 1 saturated heterocycles. The lowest BCUT2D eigenvalue weighted by atomic mass is 10.0. The van der Waals surface area contributed by atoms with Crippen molar-refractivity contribution < 1.29 is 9.18 Å². The Morgan fingerprint density at radius 1 is 1.04 bits per heavy atom. The van der Waals surface area contributed by atoms with E-state index in [9.17, 15) is 9.18 Å². The van der Waals surface area contributed by atoms with Gasteiger partial charge >= 0.3 is 0 Å². The number of benzene rings is 1. The van der Waals surface area contributed by atoms with Gasteiger partial charge < -0.3 is 0 Å². The van der Waals surface area contributed by atoms with Crippen molar-refractivity contribution >= 4 is 5.78 Å². The quantitative estimate of drug-likeness (QED) is 0.800. The molecule has 4 nitrogen and oxygen atoms in total. The first-order valence-corrected chi connectivity index (χ1v) is 9.30. The smallest absolute Gasteiger partial charge is 0.157 e. The second-order valence-corrected chi connectivity index (χ2v) is 7.39. The number of hydrogen-bond donors (Lipinski definition) is 0. The molecule has 2 aromatic rings. The summed E-state index contributed by atoms with van der Waals surface area (Å²) < 4.78 is 13.3. The SMILES string of the molecule is O=C(Cc1cncc(F)c1)C1(N2CCN(Cc3ccccc3)CC2)CC1. The second kappa shape index (κ2) is 7.25. The molecule has 2 heterocycles. The van der Waals surface area contributed by atoms with E-state index in [1.165, 1.54) is 17.8 Å². The van der Waals surface area contributed by atoms with E-state index in [-0.39, 0.29) is 23.6 Å². The summed E-state index contributed by atoms with van der Waals surface area (Å²) in [5.74, 6) is -0.170. The summed E-state index contributed by atoms with van der Waals surface area (Å²) in [6.07, 6.45) is 4.89. The van der Waals surface area contributed by atoms with Crippen LogP contribution in [0, 0.1) is 5.82 Å². The van der Waals surface area contributed by atoms with Crippen LogP contribution in [0.5, 0.6) is 0 Å². The predicted molar refractivity (Wildman–Crippen MR) is 98.2 cm³/mol. The molecule has 0 amide bonds. The van der Waals surface area contributed by atoms with Gasteiger partial charge in [0, 0.05) is 45.3 Å². The van der Waals surface area contributed by atoms with E-state index in [4.69, 9.17) is 0 Å². The number of pyridine rings is 1.